The number of nitrogens with zero attached hydrogens (tertiary/aromatic N) is 1. The topological polar surface area (TPSA) is 94.0 Å². The van der Waals surface area contributed by atoms with Crippen molar-refractivity contribution in [3.05, 3.63) is 59.3 Å². The Kier molecular flexibility index (Phi) is 3.58. The number of nitrogens with two attached hydrogens (primary N) is 2. The normalized spacial score (nSPS) is 20.0. The molecule has 5 heteroatoms. The van der Waals surface area contributed by atoms with Crippen LogP contribution in [0.4, 0.5) is 5.82 Å². The molecule has 0 aliphatic heterocycles. The highest BCUT2D eigenvalue weighted by molar-refractivity contribution is 5.92. The average molecular weight is 282 g/mol. The van der Waals surface area contributed by atoms with Crippen LogP contribution in [0.1, 0.15) is 33.8 Å². The first-order chi connectivity index (χ1) is 10.1. The minimum absolute atomic E-state index is 0.300. The largest absolute Gasteiger partial charge is 0.366 e. The first kappa shape index (κ1) is 13.6. The Morgan fingerprint density at radius 1 is 1.24 bits per heavy atom. The molecule has 2 aromatic rings. The van der Waals surface area contributed by atoms with Crippen LogP contribution < -0.4 is 16.8 Å². The second kappa shape index (κ2) is 5.54. The summed E-state index contributed by atoms with van der Waals surface area (Å²) in [6.07, 6.45) is 2.94. The molecule has 0 saturated heterocycles. The number of hydrogen-bond donors (Lipinski definition) is 3. The van der Waals surface area contributed by atoms with Crippen LogP contribution >= 0.6 is 0 Å². The predicted octanol–water partition coefficient (Wildman–Crippen LogP) is 1.61. The van der Waals surface area contributed by atoms with E-state index >= 15 is 0 Å². The highest BCUT2D eigenvalue weighted by Crippen LogP contribution is 2.38. The smallest absolute Gasteiger partial charge is 0.248 e. The molecule has 2 atom stereocenters. The van der Waals surface area contributed by atoms with Gasteiger partial charge in [-0.15, -0.1) is 0 Å². The summed E-state index contributed by atoms with van der Waals surface area (Å²) in [5.74, 6) is 0.893. The lowest BCUT2D eigenvalue weighted by atomic mass is 10.1. The Hall–Kier alpha value is -2.40. The van der Waals surface area contributed by atoms with Gasteiger partial charge in [0.15, 0.2) is 0 Å². The molecule has 1 aromatic heterocycles. The van der Waals surface area contributed by atoms with Crippen LogP contribution in [0.25, 0.3) is 0 Å². The monoisotopic (exact) mass is 282 g/mol. The number of aromatic nitrogens is 1. The van der Waals surface area contributed by atoms with Gasteiger partial charge in [-0.2, -0.15) is 0 Å². The summed E-state index contributed by atoms with van der Waals surface area (Å²) in [6, 6.07) is 11.6. The quantitative estimate of drug-likeness (QED) is 0.776. The minimum atomic E-state index is -0.412. The lowest BCUT2D eigenvalue weighted by Gasteiger charge is -2.07. The van der Waals surface area contributed by atoms with Gasteiger partial charge in [0, 0.05) is 30.3 Å². The number of carbonyl (C=O) groups is 1. The van der Waals surface area contributed by atoms with E-state index in [2.05, 4.69) is 16.4 Å². The molecule has 1 heterocycles. The summed E-state index contributed by atoms with van der Waals surface area (Å²) >= 11 is 0. The van der Waals surface area contributed by atoms with Gasteiger partial charge in [-0.25, -0.2) is 4.98 Å². The van der Waals surface area contributed by atoms with E-state index < -0.39 is 5.91 Å². The lowest BCUT2D eigenvalue weighted by molar-refractivity contribution is 0.100. The van der Waals surface area contributed by atoms with E-state index in [0.717, 1.165) is 17.8 Å². The molecule has 108 valence electrons. The second-order valence-electron chi connectivity index (χ2n) is 5.40. The summed E-state index contributed by atoms with van der Waals surface area (Å²) in [5, 5.41) is 3.25. The van der Waals surface area contributed by atoms with E-state index in [1.54, 1.807) is 12.1 Å². The van der Waals surface area contributed by atoms with E-state index in [1.807, 2.05) is 24.4 Å². The Bertz CT molecular complexity index is 636. The van der Waals surface area contributed by atoms with Crippen LogP contribution in [-0.2, 0) is 6.54 Å². The van der Waals surface area contributed by atoms with Crippen molar-refractivity contribution in [2.24, 2.45) is 11.5 Å². The maximum absolute atomic E-state index is 11.0. The molecule has 3 rings (SSSR count). The third kappa shape index (κ3) is 3.20. The number of rotatable bonds is 5. The van der Waals surface area contributed by atoms with Crippen LogP contribution in [0.15, 0.2) is 42.6 Å². The van der Waals surface area contributed by atoms with Gasteiger partial charge in [0.1, 0.15) is 5.82 Å². The molecule has 5 nitrogen and oxygen atoms in total. The Balaban J connectivity index is 1.58. The number of primary amides is 1. The minimum Gasteiger partial charge on any atom is -0.366 e. The molecule has 1 aromatic carbocycles. The SMILES string of the molecule is NC(=O)c1ccc(CNc2ccc([C@@H]3C[C@H]3N)cn2)cc1. The van der Waals surface area contributed by atoms with Gasteiger partial charge < -0.3 is 16.8 Å². The highest BCUT2D eigenvalue weighted by atomic mass is 16.1. The van der Waals surface area contributed by atoms with Crippen LogP contribution in [0.5, 0.6) is 0 Å². The maximum atomic E-state index is 11.0. The zero-order valence-electron chi connectivity index (χ0n) is 11.6. The van der Waals surface area contributed by atoms with Crippen molar-refractivity contribution in [2.75, 3.05) is 5.32 Å². The summed E-state index contributed by atoms with van der Waals surface area (Å²) in [5.41, 5.74) is 13.8. The number of benzene rings is 1. The van der Waals surface area contributed by atoms with Gasteiger partial charge in [-0.05, 0) is 35.7 Å². The number of amides is 1. The van der Waals surface area contributed by atoms with Crippen molar-refractivity contribution >= 4 is 11.7 Å². The molecule has 21 heavy (non-hydrogen) atoms. The fraction of sp³-hybridized carbons (Fsp3) is 0.250. The summed E-state index contributed by atoms with van der Waals surface area (Å²) in [6.45, 7) is 0.647. The Morgan fingerprint density at radius 3 is 2.48 bits per heavy atom. The number of carbonyl (C=O) groups excluding carboxylic acids is 1. The van der Waals surface area contributed by atoms with Crippen LogP contribution in [0.2, 0.25) is 0 Å². The molecule has 1 aliphatic carbocycles. The molecular formula is C16H18N4O. The number of pyridine rings is 1. The van der Waals surface area contributed by atoms with E-state index in [0.29, 0.717) is 24.1 Å². The predicted molar refractivity (Wildman–Crippen MR) is 81.9 cm³/mol. The van der Waals surface area contributed by atoms with Crippen molar-refractivity contribution in [2.45, 2.75) is 24.9 Å². The Labute approximate surface area is 123 Å². The summed E-state index contributed by atoms with van der Waals surface area (Å²) in [4.78, 5) is 15.4. The standard InChI is InChI=1S/C16H18N4O/c17-14-7-13(14)12-5-6-15(20-9-12)19-8-10-1-3-11(4-2-10)16(18)21/h1-6,9,13-14H,7-8,17H2,(H2,18,21)(H,19,20)/t13-,14+/m0/s1. The summed E-state index contributed by atoms with van der Waals surface area (Å²) in [7, 11) is 0. The number of hydrogen-bond acceptors (Lipinski definition) is 4. The molecule has 0 spiro atoms. The highest BCUT2D eigenvalue weighted by Gasteiger charge is 2.34. The van der Waals surface area contributed by atoms with Crippen LogP contribution in [0.3, 0.4) is 0 Å². The molecule has 1 aliphatic rings. The van der Waals surface area contributed by atoms with Crippen LogP contribution in [0, 0.1) is 0 Å². The summed E-state index contributed by atoms with van der Waals surface area (Å²) < 4.78 is 0. The first-order valence-corrected chi connectivity index (χ1v) is 6.97. The van der Waals surface area contributed by atoms with Crippen LogP contribution in [-0.4, -0.2) is 16.9 Å². The van der Waals surface area contributed by atoms with Gasteiger partial charge in [-0.3, -0.25) is 4.79 Å². The molecule has 1 amide bonds. The Morgan fingerprint density at radius 2 is 1.95 bits per heavy atom. The molecule has 1 fully saturated rings. The van der Waals surface area contributed by atoms with Gasteiger partial charge in [0.05, 0.1) is 0 Å². The van der Waals surface area contributed by atoms with Crippen molar-refractivity contribution in [1.29, 1.82) is 0 Å². The lowest BCUT2D eigenvalue weighted by Crippen LogP contribution is -2.10. The van der Waals surface area contributed by atoms with E-state index in [9.17, 15) is 4.79 Å². The molecule has 0 unspecified atom stereocenters. The molecular weight excluding hydrogens is 264 g/mol. The van der Waals surface area contributed by atoms with Gasteiger partial charge in [-0.1, -0.05) is 18.2 Å². The van der Waals surface area contributed by atoms with Gasteiger partial charge >= 0.3 is 0 Å². The fourth-order valence-electron chi connectivity index (χ4n) is 2.31. The fourth-order valence-corrected chi connectivity index (χ4v) is 2.31. The third-order valence-corrected chi connectivity index (χ3v) is 3.77. The molecule has 5 N–H and O–H groups in total. The van der Waals surface area contributed by atoms with E-state index in [1.165, 1.54) is 5.56 Å². The van der Waals surface area contributed by atoms with E-state index in [-0.39, 0.29) is 0 Å². The number of nitrogens with one attached hydrogen (secondary N) is 1. The van der Waals surface area contributed by atoms with E-state index in [4.69, 9.17) is 11.5 Å². The van der Waals surface area contributed by atoms with Crippen molar-refractivity contribution < 1.29 is 4.79 Å². The second-order valence-corrected chi connectivity index (χ2v) is 5.40. The molecule has 1 saturated carbocycles. The van der Waals surface area contributed by atoms with Crippen molar-refractivity contribution in [1.82, 2.24) is 4.98 Å². The zero-order valence-corrected chi connectivity index (χ0v) is 11.6. The maximum Gasteiger partial charge on any atom is 0.248 e. The van der Waals surface area contributed by atoms with Gasteiger partial charge in [0.2, 0.25) is 5.91 Å². The van der Waals surface area contributed by atoms with Gasteiger partial charge in [0.25, 0.3) is 0 Å². The number of anilines is 1. The van der Waals surface area contributed by atoms with Crippen molar-refractivity contribution in [3.63, 3.8) is 0 Å². The van der Waals surface area contributed by atoms with Crippen molar-refractivity contribution in [3.8, 4) is 0 Å². The average Bonchev–Trinajstić information content (AvgIpc) is 3.23. The third-order valence-electron chi connectivity index (χ3n) is 3.77. The molecule has 0 bridgehead atoms. The molecule has 0 radical (unpaired) electrons. The zero-order chi connectivity index (χ0) is 14.8. The first-order valence-electron chi connectivity index (χ1n) is 6.97.